The molecule has 1 amide bonds. The van der Waals surface area contributed by atoms with Crippen molar-refractivity contribution < 1.29 is 14.3 Å². The summed E-state index contributed by atoms with van der Waals surface area (Å²) in [7, 11) is 1.83. The van der Waals surface area contributed by atoms with Crippen molar-refractivity contribution in [3.8, 4) is 0 Å². The van der Waals surface area contributed by atoms with Crippen LogP contribution < -0.4 is 5.32 Å². The van der Waals surface area contributed by atoms with E-state index in [1.807, 2.05) is 23.7 Å². The second-order valence-corrected chi connectivity index (χ2v) is 8.36. The molecule has 0 unspecified atom stereocenters. The van der Waals surface area contributed by atoms with Gasteiger partial charge in [-0.2, -0.15) is 0 Å². The number of nitrogens with zero attached hydrogens (tertiary/aromatic N) is 1. The van der Waals surface area contributed by atoms with Gasteiger partial charge >= 0.3 is 5.97 Å². The van der Waals surface area contributed by atoms with Crippen LogP contribution in [0.3, 0.4) is 0 Å². The minimum atomic E-state index is -0.364. The summed E-state index contributed by atoms with van der Waals surface area (Å²) in [6, 6.07) is 7.37. The maximum Gasteiger partial charge on any atom is 0.341 e. The van der Waals surface area contributed by atoms with Crippen LogP contribution in [-0.4, -0.2) is 23.1 Å². The van der Waals surface area contributed by atoms with Gasteiger partial charge in [0.05, 0.1) is 12.2 Å². The lowest BCUT2D eigenvalue weighted by Crippen LogP contribution is -2.17. The first-order valence-corrected chi connectivity index (χ1v) is 10.6. The van der Waals surface area contributed by atoms with Gasteiger partial charge in [0.1, 0.15) is 10.7 Å². The van der Waals surface area contributed by atoms with Crippen LogP contribution in [0.5, 0.6) is 0 Å². The quantitative estimate of drug-likeness (QED) is 0.594. The molecule has 1 aliphatic carbocycles. The van der Waals surface area contributed by atoms with Gasteiger partial charge < -0.3 is 14.6 Å². The molecule has 1 N–H and O–H groups in total. The Morgan fingerprint density at radius 1 is 1.29 bits per heavy atom. The molecule has 1 aromatic carbocycles. The first-order chi connectivity index (χ1) is 13.5. The van der Waals surface area contributed by atoms with Crippen LogP contribution in [0.25, 0.3) is 10.9 Å². The standard InChI is InChI=1S/C21H21ClN2O3S/c1-3-27-21(26)18-12-7-4-5-10-17(12)28-20(18)23-19(25)16-11-13-14(22)8-6-9-15(13)24(16)2/h6,8-9,11H,3-5,7,10H2,1-2H3,(H,23,25). The highest BCUT2D eigenvalue weighted by molar-refractivity contribution is 7.17. The van der Waals surface area contributed by atoms with Gasteiger partial charge in [-0.05, 0) is 56.4 Å². The number of thiophene rings is 1. The average Bonchev–Trinajstić information content (AvgIpc) is 3.20. The van der Waals surface area contributed by atoms with Crippen LogP contribution in [0.15, 0.2) is 24.3 Å². The molecule has 5 nitrogen and oxygen atoms in total. The number of aromatic nitrogens is 1. The second kappa shape index (κ2) is 7.60. The van der Waals surface area contributed by atoms with Crippen LogP contribution in [0.1, 0.15) is 51.1 Å². The molecule has 1 aliphatic rings. The fourth-order valence-electron chi connectivity index (χ4n) is 3.78. The molecule has 28 heavy (non-hydrogen) atoms. The van der Waals surface area contributed by atoms with Crippen molar-refractivity contribution in [1.82, 2.24) is 4.57 Å². The van der Waals surface area contributed by atoms with Crippen molar-refractivity contribution >= 4 is 50.7 Å². The smallest absolute Gasteiger partial charge is 0.341 e. The van der Waals surface area contributed by atoms with E-state index in [4.69, 9.17) is 16.3 Å². The Balaban J connectivity index is 1.72. The monoisotopic (exact) mass is 416 g/mol. The zero-order valence-electron chi connectivity index (χ0n) is 15.8. The van der Waals surface area contributed by atoms with Gasteiger partial charge in [-0.25, -0.2) is 4.79 Å². The van der Waals surface area contributed by atoms with Crippen LogP contribution >= 0.6 is 22.9 Å². The van der Waals surface area contributed by atoms with E-state index in [9.17, 15) is 9.59 Å². The molecule has 2 heterocycles. The Bertz CT molecular complexity index is 1080. The van der Waals surface area contributed by atoms with E-state index < -0.39 is 0 Å². The molecule has 0 fully saturated rings. The maximum absolute atomic E-state index is 13.0. The SMILES string of the molecule is CCOC(=O)c1c(NC(=O)c2cc3c(Cl)cccc3n2C)sc2c1CCCC2. The summed E-state index contributed by atoms with van der Waals surface area (Å²) in [6.07, 6.45) is 3.93. The van der Waals surface area contributed by atoms with Crippen LogP contribution in [0, 0.1) is 0 Å². The number of rotatable bonds is 4. The Morgan fingerprint density at radius 3 is 2.82 bits per heavy atom. The number of carbonyl (C=O) groups is 2. The molecule has 4 rings (SSSR count). The molecular weight excluding hydrogens is 396 g/mol. The predicted octanol–water partition coefficient (Wildman–Crippen LogP) is 5.20. The summed E-state index contributed by atoms with van der Waals surface area (Å²) < 4.78 is 7.08. The van der Waals surface area contributed by atoms with Crippen LogP contribution in [0.2, 0.25) is 5.02 Å². The molecule has 146 valence electrons. The normalized spacial score (nSPS) is 13.4. The Kier molecular flexibility index (Phi) is 5.17. The second-order valence-electron chi connectivity index (χ2n) is 6.85. The van der Waals surface area contributed by atoms with Gasteiger partial charge in [0, 0.05) is 27.9 Å². The van der Waals surface area contributed by atoms with Gasteiger partial charge in [0.2, 0.25) is 0 Å². The number of hydrogen-bond acceptors (Lipinski definition) is 4. The molecule has 7 heteroatoms. The molecular formula is C21H21ClN2O3S. The Labute approximate surface area is 172 Å². The number of carbonyl (C=O) groups excluding carboxylic acids is 2. The Hall–Kier alpha value is -2.31. The summed E-state index contributed by atoms with van der Waals surface area (Å²) in [4.78, 5) is 26.8. The highest BCUT2D eigenvalue weighted by Crippen LogP contribution is 2.39. The minimum Gasteiger partial charge on any atom is -0.462 e. The lowest BCUT2D eigenvalue weighted by molar-refractivity contribution is 0.0526. The van der Waals surface area contributed by atoms with Crippen molar-refractivity contribution in [3.63, 3.8) is 0 Å². The van der Waals surface area contributed by atoms with E-state index in [0.717, 1.165) is 42.1 Å². The number of ether oxygens (including phenoxy) is 1. The van der Waals surface area contributed by atoms with Crippen molar-refractivity contribution in [2.45, 2.75) is 32.6 Å². The lowest BCUT2D eigenvalue weighted by atomic mass is 9.95. The first-order valence-electron chi connectivity index (χ1n) is 9.38. The fraction of sp³-hybridized carbons (Fsp3) is 0.333. The molecule has 2 aromatic heterocycles. The van der Waals surface area contributed by atoms with Gasteiger partial charge in [-0.1, -0.05) is 17.7 Å². The van der Waals surface area contributed by atoms with E-state index in [2.05, 4.69) is 5.32 Å². The molecule has 0 saturated heterocycles. The molecule has 0 radical (unpaired) electrons. The fourth-order valence-corrected chi connectivity index (χ4v) is 5.28. The number of fused-ring (bicyclic) bond motifs is 2. The number of amides is 1. The highest BCUT2D eigenvalue weighted by Gasteiger charge is 2.28. The zero-order chi connectivity index (χ0) is 19.8. The zero-order valence-corrected chi connectivity index (χ0v) is 17.4. The lowest BCUT2D eigenvalue weighted by Gasteiger charge is -2.12. The molecule has 0 aliphatic heterocycles. The van der Waals surface area contributed by atoms with E-state index in [-0.39, 0.29) is 11.9 Å². The third-order valence-electron chi connectivity index (χ3n) is 5.14. The molecule has 0 bridgehead atoms. The summed E-state index contributed by atoms with van der Waals surface area (Å²) >= 11 is 7.76. The number of benzene rings is 1. The first kappa shape index (κ1) is 19.0. The van der Waals surface area contributed by atoms with E-state index in [1.54, 1.807) is 19.1 Å². The van der Waals surface area contributed by atoms with Crippen LogP contribution in [0.4, 0.5) is 5.00 Å². The van der Waals surface area contributed by atoms with Gasteiger partial charge in [0.25, 0.3) is 5.91 Å². The number of nitrogens with one attached hydrogen (secondary N) is 1. The summed E-state index contributed by atoms with van der Waals surface area (Å²) in [6.45, 7) is 2.09. The van der Waals surface area contributed by atoms with Crippen LogP contribution in [-0.2, 0) is 24.6 Å². The van der Waals surface area contributed by atoms with Gasteiger partial charge in [0.15, 0.2) is 0 Å². The largest absolute Gasteiger partial charge is 0.462 e. The summed E-state index contributed by atoms with van der Waals surface area (Å²) in [5.74, 6) is -0.629. The highest BCUT2D eigenvalue weighted by atomic mass is 35.5. The summed E-state index contributed by atoms with van der Waals surface area (Å²) in [5.41, 5.74) is 2.93. The third kappa shape index (κ3) is 3.20. The van der Waals surface area contributed by atoms with E-state index in [1.165, 1.54) is 16.2 Å². The van der Waals surface area contributed by atoms with Crippen molar-refractivity contribution in [2.24, 2.45) is 7.05 Å². The van der Waals surface area contributed by atoms with Crippen molar-refractivity contribution in [1.29, 1.82) is 0 Å². The number of halogens is 1. The van der Waals surface area contributed by atoms with E-state index in [0.29, 0.717) is 27.9 Å². The van der Waals surface area contributed by atoms with Crippen molar-refractivity contribution in [3.05, 3.63) is 51.0 Å². The van der Waals surface area contributed by atoms with Gasteiger partial charge in [-0.3, -0.25) is 4.79 Å². The van der Waals surface area contributed by atoms with Crippen molar-refractivity contribution in [2.75, 3.05) is 11.9 Å². The number of hydrogen-bond donors (Lipinski definition) is 1. The number of esters is 1. The molecule has 0 saturated carbocycles. The van der Waals surface area contributed by atoms with E-state index >= 15 is 0 Å². The maximum atomic E-state index is 13.0. The number of anilines is 1. The Morgan fingerprint density at radius 2 is 2.07 bits per heavy atom. The molecule has 0 spiro atoms. The average molecular weight is 417 g/mol. The molecule has 0 atom stereocenters. The third-order valence-corrected chi connectivity index (χ3v) is 6.68. The molecule has 3 aromatic rings. The summed E-state index contributed by atoms with van der Waals surface area (Å²) in [5, 5.41) is 4.96. The minimum absolute atomic E-state index is 0.265. The van der Waals surface area contributed by atoms with Gasteiger partial charge in [-0.15, -0.1) is 11.3 Å². The predicted molar refractivity (Wildman–Crippen MR) is 113 cm³/mol. The number of aryl methyl sites for hydroxylation is 2. The topological polar surface area (TPSA) is 60.3 Å².